The Morgan fingerprint density at radius 2 is 2.36 bits per heavy atom. The second kappa shape index (κ2) is 3.54. The molecule has 3 heteroatoms. The molecule has 72 valence electrons. The van der Waals surface area contributed by atoms with Crippen molar-refractivity contribution in [2.45, 2.75) is 6.92 Å². The van der Waals surface area contributed by atoms with Crippen molar-refractivity contribution >= 4 is 17.3 Å². The summed E-state index contributed by atoms with van der Waals surface area (Å²) in [6.45, 7) is 2.48. The number of ether oxygens (including phenoxy) is 1. The van der Waals surface area contributed by atoms with Crippen molar-refractivity contribution in [2.24, 2.45) is 0 Å². The summed E-state index contributed by atoms with van der Waals surface area (Å²) in [6.07, 6.45) is 0.690. The highest BCUT2D eigenvalue weighted by Gasteiger charge is 2.07. The zero-order chi connectivity index (χ0) is 9.97. The number of furan rings is 1. The summed E-state index contributed by atoms with van der Waals surface area (Å²) in [4.78, 5) is 10.5. The van der Waals surface area contributed by atoms with Gasteiger partial charge in [0, 0.05) is 5.39 Å². The van der Waals surface area contributed by atoms with Crippen molar-refractivity contribution in [1.82, 2.24) is 0 Å². The van der Waals surface area contributed by atoms with E-state index < -0.39 is 0 Å². The van der Waals surface area contributed by atoms with Gasteiger partial charge in [0.05, 0.1) is 6.61 Å². The summed E-state index contributed by atoms with van der Waals surface area (Å²) in [5, 5.41) is 0.887. The first kappa shape index (κ1) is 8.81. The third-order valence-corrected chi connectivity index (χ3v) is 1.94. The van der Waals surface area contributed by atoms with E-state index in [-0.39, 0.29) is 0 Å². The molecule has 0 saturated heterocycles. The molecular formula is C11H10O3. The maximum absolute atomic E-state index is 10.5. The summed E-state index contributed by atoms with van der Waals surface area (Å²) in [5.74, 6) is 1.00. The molecule has 0 N–H and O–H groups in total. The highest BCUT2D eigenvalue weighted by molar-refractivity contribution is 5.88. The van der Waals surface area contributed by atoms with Crippen LogP contribution in [0.15, 0.2) is 28.7 Å². The van der Waals surface area contributed by atoms with E-state index in [0.29, 0.717) is 30.0 Å². The molecule has 2 rings (SSSR count). The quantitative estimate of drug-likeness (QED) is 0.698. The lowest BCUT2D eigenvalue weighted by Gasteiger charge is -2.01. The number of benzene rings is 1. The zero-order valence-corrected chi connectivity index (χ0v) is 7.82. The maximum atomic E-state index is 10.5. The van der Waals surface area contributed by atoms with Gasteiger partial charge in [0.15, 0.2) is 23.4 Å². The molecule has 1 heterocycles. The van der Waals surface area contributed by atoms with E-state index in [1.54, 1.807) is 6.07 Å². The Hall–Kier alpha value is -1.77. The van der Waals surface area contributed by atoms with Crippen LogP contribution in [0, 0.1) is 0 Å². The summed E-state index contributed by atoms with van der Waals surface area (Å²) in [7, 11) is 0. The Labute approximate surface area is 81.3 Å². The molecule has 0 saturated carbocycles. The van der Waals surface area contributed by atoms with Crippen molar-refractivity contribution in [1.29, 1.82) is 0 Å². The van der Waals surface area contributed by atoms with E-state index in [9.17, 15) is 4.79 Å². The van der Waals surface area contributed by atoms with Gasteiger partial charge in [0.1, 0.15) is 0 Å². The highest BCUT2D eigenvalue weighted by Crippen LogP contribution is 2.27. The van der Waals surface area contributed by atoms with Gasteiger partial charge in [0.2, 0.25) is 0 Å². The topological polar surface area (TPSA) is 39.4 Å². The van der Waals surface area contributed by atoms with Gasteiger partial charge in [-0.05, 0) is 19.1 Å². The molecule has 0 bridgehead atoms. The zero-order valence-electron chi connectivity index (χ0n) is 7.82. The number of para-hydroxylation sites is 1. The number of aldehydes is 1. The fourth-order valence-electron chi connectivity index (χ4n) is 1.38. The smallest absolute Gasteiger partial charge is 0.185 e. The van der Waals surface area contributed by atoms with Crippen molar-refractivity contribution in [3.8, 4) is 5.75 Å². The van der Waals surface area contributed by atoms with Crippen LogP contribution in [0.2, 0.25) is 0 Å². The maximum Gasteiger partial charge on any atom is 0.185 e. The van der Waals surface area contributed by atoms with Crippen molar-refractivity contribution in [3.63, 3.8) is 0 Å². The fraction of sp³-hybridized carbons (Fsp3) is 0.182. The van der Waals surface area contributed by atoms with Gasteiger partial charge in [0.25, 0.3) is 0 Å². The minimum atomic E-state index is 0.326. The molecule has 1 aromatic heterocycles. The molecule has 0 radical (unpaired) electrons. The molecule has 0 spiro atoms. The number of fused-ring (bicyclic) bond motifs is 1. The van der Waals surface area contributed by atoms with Crippen molar-refractivity contribution in [2.75, 3.05) is 6.61 Å². The van der Waals surface area contributed by atoms with Gasteiger partial charge in [-0.1, -0.05) is 12.1 Å². The molecule has 0 atom stereocenters. The van der Waals surface area contributed by atoms with Crippen LogP contribution in [0.4, 0.5) is 0 Å². The summed E-state index contributed by atoms with van der Waals surface area (Å²) >= 11 is 0. The molecule has 0 aliphatic heterocycles. The Balaban J connectivity index is 2.60. The Kier molecular flexibility index (Phi) is 2.23. The van der Waals surface area contributed by atoms with E-state index in [2.05, 4.69) is 0 Å². The Morgan fingerprint density at radius 1 is 1.50 bits per heavy atom. The van der Waals surface area contributed by atoms with Gasteiger partial charge in [-0.15, -0.1) is 0 Å². The van der Waals surface area contributed by atoms with E-state index >= 15 is 0 Å². The van der Waals surface area contributed by atoms with Crippen molar-refractivity contribution < 1.29 is 13.9 Å². The first-order valence-corrected chi connectivity index (χ1v) is 4.45. The van der Waals surface area contributed by atoms with Crippen LogP contribution in [0.25, 0.3) is 11.0 Å². The van der Waals surface area contributed by atoms with E-state index in [0.717, 1.165) is 5.39 Å². The molecule has 0 amide bonds. The van der Waals surface area contributed by atoms with Crippen molar-refractivity contribution in [3.05, 3.63) is 30.0 Å². The second-order valence-electron chi connectivity index (χ2n) is 2.87. The van der Waals surface area contributed by atoms with E-state index in [1.165, 1.54) is 0 Å². The van der Waals surface area contributed by atoms with Crippen LogP contribution in [-0.4, -0.2) is 12.9 Å². The third kappa shape index (κ3) is 1.37. The Morgan fingerprint density at radius 3 is 3.07 bits per heavy atom. The molecule has 0 aliphatic carbocycles. The van der Waals surface area contributed by atoms with Gasteiger partial charge in [-0.2, -0.15) is 0 Å². The van der Waals surface area contributed by atoms with Crippen LogP contribution < -0.4 is 4.74 Å². The largest absolute Gasteiger partial charge is 0.490 e. The first-order chi connectivity index (χ1) is 6.85. The molecule has 14 heavy (non-hydrogen) atoms. The fourth-order valence-corrected chi connectivity index (χ4v) is 1.38. The van der Waals surface area contributed by atoms with Gasteiger partial charge in [-0.25, -0.2) is 0 Å². The average Bonchev–Trinajstić information content (AvgIpc) is 2.62. The number of hydrogen-bond acceptors (Lipinski definition) is 3. The lowest BCUT2D eigenvalue weighted by molar-refractivity contribution is 0.110. The molecule has 0 unspecified atom stereocenters. The molecule has 2 aromatic rings. The van der Waals surface area contributed by atoms with Gasteiger partial charge >= 0.3 is 0 Å². The highest BCUT2D eigenvalue weighted by atomic mass is 16.5. The average molecular weight is 190 g/mol. The molecule has 1 aromatic carbocycles. The summed E-state index contributed by atoms with van der Waals surface area (Å²) < 4.78 is 10.7. The standard InChI is InChI=1S/C11H10O3/c1-2-13-10-5-3-4-8-6-9(7-12)14-11(8)10/h3-7H,2H2,1H3. The third-order valence-electron chi connectivity index (χ3n) is 1.94. The molecule has 0 aliphatic rings. The van der Waals surface area contributed by atoms with E-state index in [1.807, 2.05) is 25.1 Å². The van der Waals surface area contributed by atoms with Crippen LogP contribution in [-0.2, 0) is 0 Å². The van der Waals surface area contributed by atoms with Crippen LogP contribution in [0.1, 0.15) is 17.5 Å². The molecular weight excluding hydrogens is 180 g/mol. The van der Waals surface area contributed by atoms with Gasteiger partial charge in [-0.3, -0.25) is 4.79 Å². The van der Waals surface area contributed by atoms with Crippen LogP contribution in [0.5, 0.6) is 5.75 Å². The number of rotatable bonds is 3. The second-order valence-corrected chi connectivity index (χ2v) is 2.87. The van der Waals surface area contributed by atoms with Crippen LogP contribution in [0.3, 0.4) is 0 Å². The minimum absolute atomic E-state index is 0.326. The Bertz CT molecular complexity index is 457. The first-order valence-electron chi connectivity index (χ1n) is 4.45. The lowest BCUT2D eigenvalue weighted by atomic mass is 10.2. The molecule has 3 nitrogen and oxygen atoms in total. The number of carbonyl (C=O) groups is 1. The van der Waals surface area contributed by atoms with Gasteiger partial charge < -0.3 is 9.15 Å². The number of carbonyl (C=O) groups excluding carboxylic acids is 1. The lowest BCUT2D eigenvalue weighted by Crippen LogP contribution is -1.90. The molecule has 0 fully saturated rings. The number of hydrogen-bond donors (Lipinski definition) is 0. The van der Waals surface area contributed by atoms with E-state index in [4.69, 9.17) is 9.15 Å². The summed E-state index contributed by atoms with van der Waals surface area (Å²) in [5.41, 5.74) is 0.636. The van der Waals surface area contributed by atoms with Crippen LogP contribution >= 0.6 is 0 Å². The normalized spacial score (nSPS) is 10.4. The summed E-state index contributed by atoms with van der Waals surface area (Å²) in [6, 6.07) is 7.28. The predicted octanol–water partition coefficient (Wildman–Crippen LogP) is 2.64. The SMILES string of the molecule is CCOc1cccc2cc(C=O)oc12. The monoisotopic (exact) mass is 190 g/mol. The minimum Gasteiger partial charge on any atom is -0.490 e. The predicted molar refractivity (Wildman–Crippen MR) is 52.8 cm³/mol.